The van der Waals surface area contributed by atoms with Crippen LogP contribution in [0.15, 0.2) is 6.07 Å². The first kappa shape index (κ1) is 15.2. The zero-order valence-corrected chi connectivity index (χ0v) is 13.2. The van der Waals surface area contributed by atoms with Crippen LogP contribution in [0.25, 0.3) is 0 Å². The largest absolute Gasteiger partial charge is 0.350 e. The molecule has 5 heteroatoms. The molecule has 0 aliphatic carbocycles. The lowest BCUT2D eigenvalue weighted by Gasteiger charge is -2.24. The summed E-state index contributed by atoms with van der Waals surface area (Å²) in [5.74, 6) is -0.0509. The fourth-order valence-electron chi connectivity index (χ4n) is 1.87. The second kappa shape index (κ2) is 6.36. The second-order valence-electron chi connectivity index (χ2n) is 5.43. The molecule has 0 bridgehead atoms. The number of aryl methyl sites for hydroxylation is 2. The number of rotatable bonds is 6. The molecule has 0 saturated carbocycles. The van der Waals surface area contributed by atoms with Gasteiger partial charge in [0.05, 0.1) is 5.69 Å². The first-order valence-corrected chi connectivity index (χ1v) is 7.33. The van der Waals surface area contributed by atoms with E-state index >= 15 is 0 Å². The van der Waals surface area contributed by atoms with Crippen molar-refractivity contribution in [2.45, 2.75) is 33.6 Å². The fourth-order valence-corrected chi connectivity index (χ4v) is 2.15. The van der Waals surface area contributed by atoms with Crippen LogP contribution in [-0.2, 0) is 7.05 Å². The number of carbonyl (C=O) groups is 1. The molecule has 4 nitrogen and oxygen atoms in total. The Kier molecular flexibility index (Phi) is 5.38. The summed E-state index contributed by atoms with van der Waals surface area (Å²) in [6, 6.07) is 1.81. The van der Waals surface area contributed by atoms with E-state index in [-0.39, 0.29) is 11.3 Å². The summed E-state index contributed by atoms with van der Waals surface area (Å²) in [6.07, 6.45) is 2.20. The standard InChI is InChI=1S/C13H22BrN3O/c1-10-8-11(17(4)16-10)12(18)15-9-13(2,3)6-5-7-14/h8H,5-7,9H2,1-4H3,(H,15,18). The van der Waals surface area contributed by atoms with Crippen molar-refractivity contribution in [2.24, 2.45) is 12.5 Å². The Morgan fingerprint density at radius 3 is 2.72 bits per heavy atom. The molecule has 1 heterocycles. The van der Waals surface area contributed by atoms with E-state index in [2.05, 4.69) is 40.2 Å². The predicted molar refractivity (Wildman–Crippen MR) is 77.1 cm³/mol. The third-order valence-corrected chi connectivity index (χ3v) is 3.51. The van der Waals surface area contributed by atoms with Gasteiger partial charge in [-0.05, 0) is 31.2 Å². The number of amides is 1. The fraction of sp³-hybridized carbons (Fsp3) is 0.692. The van der Waals surface area contributed by atoms with Gasteiger partial charge in [-0.25, -0.2) is 0 Å². The summed E-state index contributed by atoms with van der Waals surface area (Å²) in [6.45, 7) is 6.91. The summed E-state index contributed by atoms with van der Waals surface area (Å²) in [5.41, 5.74) is 1.60. The van der Waals surface area contributed by atoms with Gasteiger partial charge in [-0.3, -0.25) is 9.48 Å². The van der Waals surface area contributed by atoms with Gasteiger partial charge in [0.25, 0.3) is 5.91 Å². The van der Waals surface area contributed by atoms with Crippen LogP contribution in [0, 0.1) is 12.3 Å². The highest BCUT2D eigenvalue weighted by molar-refractivity contribution is 9.09. The van der Waals surface area contributed by atoms with E-state index in [1.165, 1.54) is 0 Å². The predicted octanol–water partition coefficient (Wildman–Crippen LogP) is 2.66. The highest BCUT2D eigenvalue weighted by Crippen LogP contribution is 2.21. The summed E-state index contributed by atoms with van der Waals surface area (Å²) in [4.78, 5) is 12.0. The SMILES string of the molecule is Cc1cc(C(=O)NCC(C)(C)CCCBr)n(C)n1. The van der Waals surface area contributed by atoms with Crippen molar-refractivity contribution >= 4 is 21.8 Å². The quantitative estimate of drug-likeness (QED) is 0.820. The van der Waals surface area contributed by atoms with Crippen molar-refractivity contribution in [3.63, 3.8) is 0 Å². The maximum atomic E-state index is 12.0. The Morgan fingerprint density at radius 2 is 2.22 bits per heavy atom. The topological polar surface area (TPSA) is 46.9 Å². The van der Waals surface area contributed by atoms with Gasteiger partial charge >= 0.3 is 0 Å². The lowest BCUT2D eigenvalue weighted by atomic mass is 9.88. The third kappa shape index (κ3) is 4.44. The van der Waals surface area contributed by atoms with Gasteiger partial charge in [-0.1, -0.05) is 29.8 Å². The molecule has 0 saturated heterocycles. The number of hydrogen-bond donors (Lipinski definition) is 1. The van der Waals surface area contributed by atoms with Gasteiger partial charge in [0.1, 0.15) is 5.69 Å². The maximum absolute atomic E-state index is 12.0. The lowest BCUT2D eigenvalue weighted by Crippen LogP contribution is -2.35. The van der Waals surface area contributed by atoms with Crippen LogP contribution < -0.4 is 5.32 Å². The molecule has 1 aromatic rings. The molecule has 0 aromatic carbocycles. The molecule has 0 spiro atoms. The molecular formula is C13H22BrN3O. The number of alkyl halides is 1. The van der Waals surface area contributed by atoms with Gasteiger partial charge in [-0.2, -0.15) is 5.10 Å². The van der Waals surface area contributed by atoms with Crippen LogP contribution in [0.5, 0.6) is 0 Å². The first-order chi connectivity index (χ1) is 8.35. The second-order valence-corrected chi connectivity index (χ2v) is 6.23. The molecule has 1 rings (SSSR count). The minimum absolute atomic E-state index is 0.0509. The number of aromatic nitrogens is 2. The minimum Gasteiger partial charge on any atom is -0.350 e. The van der Waals surface area contributed by atoms with Crippen molar-refractivity contribution in [3.05, 3.63) is 17.5 Å². The van der Waals surface area contributed by atoms with Gasteiger partial charge in [0.2, 0.25) is 0 Å². The van der Waals surface area contributed by atoms with Crippen LogP contribution >= 0.6 is 15.9 Å². The van der Waals surface area contributed by atoms with Crippen LogP contribution in [0.2, 0.25) is 0 Å². The molecule has 0 aliphatic rings. The summed E-state index contributed by atoms with van der Waals surface area (Å²) < 4.78 is 1.62. The normalized spacial score (nSPS) is 11.6. The Hall–Kier alpha value is -0.840. The molecular weight excluding hydrogens is 294 g/mol. The van der Waals surface area contributed by atoms with Crippen molar-refractivity contribution < 1.29 is 4.79 Å². The number of nitrogens with one attached hydrogen (secondary N) is 1. The van der Waals surface area contributed by atoms with E-state index in [9.17, 15) is 4.79 Å². The van der Waals surface area contributed by atoms with Crippen molar-refractivity contribution in [3.8, 4) is 0 Å². The zero-order chi connectivity index (χ0) is 13.8. The summed E-state index contributed by atoms with van der Waals surface area (Å²) in [7, 11) is 1.79. The van der Waals surface area contributed by atoms with E-state index in [0.717, 1.165) is 23.9 Å². The zero-order valence-electron chi connectivity index (χ0n) is 11.6. The van der Waals surface area contributed by atoms with Crippen LogP contribution in [0.4, 0.5) is 0 Å². The molecule has 0 aliphatic heterocycles. The minimum atomic E-state index is -0.0509. The molecule has 0 radical (unpaired) electrons. The molecule has 1 amide bonds. The Balaban J connectivity index is 2.53. The molecule has 0 unspecified atom stereocenters. The molecule has 18 heavy (non-hydrogen) atoms. The average Bonchev–Trinajstić information content (AvgIpc) is 2.63. The van der Waals surface area contributed by atoms with Crippen molar-refractivity contribution in [1.82, 2.24) is 15.1 Å². The van der Waals surface area contributed by atoms with E-state index < -0.39 is 0 Å². The first-order valence-electron chi connectivity index (χ1n) is 6.20. The Bertz CT molecular complexity index is 412. The van der Waals surface area contributed by atoms with E-state index in [0.29, 0.717) is 12.2 Å². The summed E-state index contributed by atoms with van der Waals surface area (Å²) >= 11 is 3.43. The number of nitrogens with zero attached hydrogens (tertiary/aromatic N) is 2. The van der Waals surface area contributed by atoms with E-state index in [1.54, 1.807) is 17.8 Å². The Labute approximate surface area is 117 Å². The van der Waals surface area contributed by atoms with E-state index in [4.69, 9.17) is 0 Å². The number of halogens is 1. The molecule has 1 N–H and O–H groups in total. The molecule has 0 atom stereocenters. The third-order valence-electron chi connectivity index (χ3n) is 2.95. The highest BCUT2D eigenvalue weighted by atomic mass is 79.9. The summed E-state index contributed by atoms with van der Waals surface area (Å²) in [5, 5.41) is 8.17. The number of carbonyl (C=O) groups excluding carboxylic acids is 1. The van der Waals surface area contributed by atoms with Gasteiger partial charge < -0.3 is 5.32 Å². The highest BCUT2D eigenvalue weighted by Gasteiger charge is 2.19. The smallest absolute Gasteiger partial charge is 0.269 e. The van der Waals surface area contributed by atoms with Gasteiger partial charge in [-0.15, -0.1) is 0 Å². The lowest BCUT2D eigenvalue weighted by molar-refractivity contribution is 0.0925. The van der Waals surface area contributed by atoms with Crippen molar-refractivity contribution in [2.75, 3.05) is 11.9 Å². The maximum Gasteiger partial charge on any atom is 0.269 e. The molecule has 1 aromatic heterocycles. The Morgan fingerprint density at radius 1 is 1.56 bits per heavy atom. The van der Waals surface area contributed by atoms with Crippen LogP contribution in [-0.4, -0.2) is 27.6 Å². The van der Waals surface area contributed by atoms with E-state index in [1.807, 2.05) is 6.92 Å². The number of hydrogen-bond acceptors (Lipinski definition) is 2. The molecule has 0 fully saturated rings. The van der Waals surface area contributed by atoms with Crippen LogP contribution in [0.1, 0.15) is 42.9 Å². The average molecular weight is 316 g/mol. The monoisotopic (exact) mass is 315 g/mol. The van der Waals surface area contributed by atoms with Gasteiger partial charge in [0.15, 0.2) is 0 Å². The van der Waals surface area contributed by atoms with Crippen LogP contribution in [0.3, 0.4) is 0 Å². The molecule has 102 valence electrons. The van der Waals surface area contributed by atoms with Gasteiger partial charge in [0, 0.05) is 18.9 Å². The van der Waals surface area contributed by atoms with Crippen molar-refractivity contribution in [1.29, 1.82) is 0 Å².